The molecule has 0 saturated carbocycles. The number of ketones is 1. The molecule has 6 atom stereocenters. The van der Waals surface area contributed by atoms with Crippen LogP contribution in [0.3, 0.4) is 0 Å². The standard InChI is InChI=1S/C62H47Cl6N7O15/c1-75-44(57(83)74-49(62(88)89-2)26-8-10-32(76)11-9-26)14-25-6-12-33(13-7-25)90-45-23-27-15-36(52(45)78)35-5-3-4-34-31(24-69-50(34)35)22-43(70-60(86)51(77)30-20-41(67)55(81)42(68)21-30)56(82)71-47(28-16-37(63)53(79)38(64)17-28)58(84)72-46(27)59(85)73-48(61(75)87)29-18-39(65)54(80)40(66)19-29/h3-13,15-21,23-24,43-44,46-49,69,76,78-81H,14,22H2,1-2H3,(H,70,86)(H,71,82)(H,72,84)(H,73,85)(H,74,83)/t43-,44+,46-,47-,48+,49-/m1/s1. The molecule has 1 aromatic heterocycles. The van der Waals surface area contributed by atoms with Crippen molar-refractivity contribution in [2.45, 2.75) is 49.1 Å². The third-order valence-corrected chi connectivity index (χ3v) is 16.8. The number of aromatic hydroxyl groups is 5. The van der Waals surface area contributed by atoms with Gasteiger partial charge in [-0.2, -0.15) is 0 Å². The number of ether oxygens (including phenoxy) is 2. The van der Waals surface area contributed by atoms with Gasteiger partial charge in [-0.15, -0.1) is 0 Å². The van der Waals surface area contributed by atoms with Crippen LogP contribution in [0, 0.1) is 0 Å². The number of amides is 6. The van der Waals surface area contributed by atoms with Crippen molar-refractivity contribution in [2.24, 2.45) is 0 Å². The summed E-state index contributed by atoms with van der Waals surface area (Å²) in [6.45, 7) is 0. The van der Waals surface area contributed by atoms with E-state index in [1.807, 2.05) is 0 Å². The fourth-order valence-corrected chi connectivity index (χ4v) is 11.9. The molecule has 462 valence electrons. The van der Waals surface area contributed by atoms with E-state index in [0.717, 1.165) is 48.4 Å². The van der Waals surface area contributed by atoms with E-state index in [2.05, 4.69) is 31.6 Å². The van der Waals surface area contributed by atoms with E-state index >= 15 is 19.2 Å². The summed E-state index contributed by atoms with van der Waals surface area (Å²) in [5.74, 6) is -11.9. The predicted octanol–water partition coefficient (Wildman–Crippen LogP) is 9.29. The molecule has 22 nitrogen and oxygen atoms in total. The van der Waals surface area contributed by atoms with Crippen LogP contribution >= 0.6 is 69.6 Å². The molecule has 0 aliphatic carbocycles. The molecule has 6 amide bonds. The predicted molar refractivity (Wildman–Crippen MR) is 330 cm³/mol. The van der Waals surface area contributed by atoms with E-state index in [9.17, 15) is 44.7 Å². The summed E-state index contributed by atoms with van der Waals surface area (Å²) in [5, 5.41) is 65.2. The number of carbonyl (C=O) groups excluding carboxylic acids is 8. The number of rotatable bonds is 9. The summed E-state index contributed by atoms with van der Waals surface area (Å²) in [5.41, 5.74) is 0.486. The van der Waals surface area contributed by atoms with Crippen molar-refractivity contribution >= 4 is 128 Å². The SMILES string of the molecule is COC(=O)[C@H](NC(=O)[C@@H]1Cc2ccc(cc2)Oc2cc3cc(c2O)-c2cccc4c(c[nH]c24)C[C@@H](NC(=O)C(=O)c2cc(Cl)c(O)c(Cl)c2)C(=O)N[C@H](c2cc(Cl)c(O)c(Cl)c2)C(=O)N[C@H]3C(=O)N[C@@H](c2cc(Cl)c(O)c(Cl)c2)C(=O)N1C)c1ccc(O)cc1. The molecular weight excluding hydrogens is 1300 g/mol. The van der Waals surface area contributed by atoms with Gasteiger partial charge >= 0.3 is 5.97 Å². The summed E-state index contributed by atoms with van der Waals surface area (Å²) >= 11 is 38.1. The Morgan fingerprint density at radius 3 is 1.73 bits per heavy atom. The van der Waals surface area contributed by atoms with Crippen LogP contribution in [0.2, 0.25) is 30.1 Å². The van der Waals surface area contributed by atoms with E-state index in [-0.39, 0.29) is 72.7 Å². The number of carbonyl (C=O) groups is 8. The molecule has 11 N–H and O–H groups in total. The zero-order valence-electron chi connectivity index (χ0n) is 46.5. The third kappa shape index (κ3) is 12.9. The van der Waals surface area contributed by atoms with E-state index in [4.69, 9.17) is 79.1 Å². The van der Waals surface area contributed by atoms with Crippen LogP contribution in [-0.4, -0.2) is 109 Å². The quantitative estimate of drug-likeness (QED) is 0.0364. The number of methoxy groups -OCH3 is 1. The number of nitrogens with zero attached hydrogens (tertiary/aromatic N) is 1. The first-order valence-corrected chi connectivity index (χ1v) is 29.0. The van der Waals surface area contributed by atoms with Gasteiger partial charge < -0.3 is 71.5 Å². The van der Waals surface area contributed by atoms with Crippen LogP contribution in [0.15, 0.2) is 121 Å². The Hall–Kier alpha value is -9.42. The van der Waals surface area contributed by atoms with Gasteiger partial charge in [-0.3, -0.25) is 33.6 Å². The number of para-hydroxylation sites is 1. The van der Waals surface area contributed by atoms with Crippen LogP contribution < -0.4 is 31.3 Å². The number of aromatic nitrogens is 1. The second-order valence-corrected chi connectivity index (χ2v) is 23.2. The Bertz CT molecular complexity index is 4230. The number of likely N-dealkylation sites (N-methyl/N-ethyl adjacent to an activating group) is 1. The minimum Gasteiger partial charge on any atom is -0.508 e. The first-order chi connectivity index (χ1) is 42.8. The van der Waals surface area contributed by atoms with E-state index in [1.165, 1.54) is 61.8 Å². The number of fused-ring (bicyclic) bond motifs is 10. The number of hydrogen-bond donors (Lipinski definition) is 11. The van der Waals surface area contributed by atoms with Crippen molar-refractivity contribution in [2.75, 3.05) is 14.2 Å². The lowest BCUT2D eigenvalue weighted by molar-refractivity contribution is -0.147. The van der Waals surface area contributed by atoms with Crippen LogP contribution in [0.1, 0.15) is 67.9 Å². The Labute approximate surface area is 539 Å². The van der Waals surface area contributed by atoms with Crippen molar-refractivity contribution in [1.29, 1.82) is 0 Å². The lowest BCUT2D eigenvalue weighted by atomic mass is 9.94. The summed E-state index contributed by atoms with van der Waals surface area (Å²) in [6.07, 6.45) is 0.790. The summed E-state index contributed by atoms with van der Waals surface area (Å²) in [4.78, 5) is 122. The molecule has 11 rings (SSSR count). The minimum atomic E-state index is -2.06. The summed E-state index contributed by atoms with van der Waals surface area (Å²) < 4.78 is 11.5. The molecule has 7 aromatic carbocycles. The van der Waals surface area contributed by atoms with Gasteiger partial charge in [0.15, 0.2) is 34.8 Å². The fourth-order valence-electron chi connectivity index (χ4n) is 10.4. The zero-order valence-corrected chi connectivity index (χ0v) is 51.0. The second kappa shape index (κ2) is 26.0. The molecule has 0 spiro atoms. The average Bonchev–Trinajstić information content (AvgIpc) is 1.42. The Kier molecular flexibility index (Phi) is 18.3. The molecule has 0 unspecified atom stereocenters. The first-order valence-electron chi connectivity index (χ1n) is 26.8. The number of halogens is 6. The highest BCUT2D eigenvalue weighted by atomic mass is 35.5. The molecule has 0 saturated heterocycles. The molecule has 90 heavy (non-hydrogen) atoms. The highest BCUT2D eigenvalue weighted by molar-refractivity contribution is 6.45. The molecule has 3 aliphatic heterocycles. The lowest BCUT2D eigenvalue weighted by Crippen LogP contribution is -2.55. The van der Waals surface area contributed by atoms with Gasteiger partial charge in [0.25, 0.3) is 5.91 Å². The molecular formula is C62H47Cl6N7O15. The molecule has 9 bridgehead atoms. The number of nitrogens with one attached hydrogen (secondary N) is 6. The van der Waals surface area contributed by atoms with Crippen LogP contribution in [0.25, 0.3) is 22.0 Å². The fraction of sp³-hybridized carbons (Fsp3) is 0.161. The highest BCUT2D eigenvalue weighted by Gasteiger charge is 2.40. The third-order valence-electron chi connectivity index (χ3n) is 15.1. The maximum Gasteiger partial charge on any atom is 0.333 e. The number of phenolic OH excluding ortho intramolecular Hbond substituents is 5. The minimum absolute atomic E-state index is 0.0263. The monoisotopic (exact) mass is 1340 g/mol. The molecule has 0 fully saturated rings. The largest absolute Gasteiger partial charge is 0.508 e. The van der Waals surface area contributed by atoms with Crippen molar-refractivity contribution in [3.63, 3.8) is 0 Å². The second-order valence-electron chi connectivity index (χ2n) is 20.8. The van der Waals surface area contributed by atoms with Gasteiger partial charge in [0.2, 0.25) is 35.3 Å². The summed E-state index contributed by atoms with van der Waals surface area (Å²) in [6, 6.07) is 14.2. The number of H-pyrrole nitrogens is 1. The van der Waals surface area contributed by atoms with Crippen molar-refractivity contribution in [3.8, 4) is 51.4 Å². The Morgan fingerprint density at radius 2 is 1.16 bits per heavy atom. The van der Waals surface area contributed by atoms with Crippen LogP contribution in [-0.2, 0) is 51.1 Å². The number of hydrogen-bond acceptors (Lipinski definition) is 15. The smallest absolute Gasteiger partial charge is 0.333 e. The van der Waals surface area contributed by atoms with Crippen molar-refractivity contribution in [1.82, 2.24) is 36.5 Å². The average molecular weight is 1340 g/mol. The van der Waals surface area contributed by atoms with Gasteiger partial charge in [0, 0.05) is 48.2 Å². The Balaban J connectivity index is 1.16. The van der Waals surface area contributed by atoms with E-state index in [1.54, 1.807) is 30.3 Å². The molecule has 8 aromatic rings. The topological polar surface area (TPSA) is 335 Å². The van der Waals surface area contributed by atoms with Crippen molar-refractivity contribution < 1.29 is 73.4 Å². The first kappa shape index (κ1) is 63.6. The molecule has 3 aliphatic rings. The molecule has 28 heteroatoms. The lowest BCUT2D eigenvalue weighted by Gasteiger charge is -2.33. The van der Waals surface area contributed by atoms with Crippen LogP contribution in [0.5, 0.6) is 40.2 Å². The van der Waals surface area contributed by atoms with Crippen molar-refractivity contribution in [3.05, 3.63) is 191 Å². The number of Topliss-reactive ketones (excluding diaryl/α,β-unsaturated/α-hetero) is 1. The van der Waals surface area contributed by atoms with E-state index in [0.29, 0.717) is 22.0 Å². The number of esters is 1. The van der Waals surface area contributed by atoms with Gasteiger partial charge in [-0.05, 0) is 106 Å². The van der Waals surface area contributed by atoms with Crippen LogP contribution in [0.4, 0.5) is 0 Å². The van der Waals surface area contributed by atoms with Gasteiger partial charge in [0.05, 0.1) is 42.8 Å². The zero-order chi connectivity index (χ0) is 64.7. The number of phenols is 5. The van der Waals surface area contributed by atoms with Gasteiger partial charge in [-0.25, -0.2) is 4.79 Å². The van der Waals surface area contributed by atoms with Gasteiger partial charge in [0.1, 0.15) is 41.7 Å². The van der Waals surface area contributed by atoms with Gasteiger partial charge in [-0.1, -0.05) is 112 Å². The Morgan fingerprint density at radius 1 is 0.622 bits per heavy atom. The maximum absolute atomic E-state index is 15.8. The highest BCUT2D eigenvalue weighted by Crippen LogP contribution is 2.46. The number of benzene rings is 7. The molecule has 0 radical (unpaired) electrons. The van der Waals surface area contributed by atoms with E-state index < -0.39 is 133 Å². The maximum atomic E-state index is 15.8. The normalized spacial score (nSPS) is 18.1. The number of aromatic amines is 1. The molecule has 4 heterocycles. The summed E-state index contributed by atoms with van der Waals surface area (Å²) in [7, 11) is 2.32.